The summed E-state index contributed by atoms with van der Waals surface area (Å²) >= 11 is 0. The normalized spacial score (nSPS) is 12.3. The molecule has 2 heterocycles. The molecule has 1 aromatic carbocycles. The number of aryl methyl sites for hydroxylation is 1. The van der Waals surface area contributed by atoms with Crippen molar-refractivity contribution >= 4 is 19.0 Å². The van der Waals surface area contributed by atoms with E-state index in [2.05, 4.69) is 48.1 Å². The smallest absolute Gasteiger partial charge is 0.353 e. The molecule has 0 N–H and O–H groups in total. The van der Waals surface area contributed by atoms with Crippen LogP contribution in [0, 0.1) is 0 Å². The van der Waals surface area contributed by atoms with E-state index < -0.39 is 8.07 Å². The molecule has 0 spiro atoms. The van der Waals surface area contributed by atoms with Gasteiger partial charge in [-0.2, -0.15) is 0 Å². The molecule has 0 radical (unpaired) electrons. The molecule has 3 aromatic rings. The molecule has 0 aliphatic heterocycles. The van der Waals surface area contributed by atoms with E-state index in [9.17, 15) is 4.79 Å². The average molecular weight is 415 g/mol. The van der Waals surface area contributed by atoms with Crippen molar-refractivity contribution in [2.24, 2.45) is 12.2 Å². The molecular formula is C20H26N4O4Si. The van der Waals surface area contributed by atoms with Crippen LogP contribution in [-0.4, -0.2) is 35.2 Å². The van der Waals surface area contributed by atoms with Gasteiger partial charge in [0, 0.05) is 7.05 Å². The molecule has 2 aromatic heterocycles. The standard InChI is InChI=1S/C20H26N4O4Si/c1-14(15-8-7-9-17(10-15)29(4,5)6)22-28-12-16-11-27-13-18(16)24-19(26-3)21-23(2)20(24)25/h7-11,13H,12H2,1-6H3/b22-14-. The number of ether oxygens (including phenoxy) is 1. The molecular weight excluding hydrogens is 388 g/mol. The van der Waals surface area contributed by atoms with Crippen LogP contribution in [0.4, 0.5) is 0 Å². The second-order valence-electron chi connectivity index (χ2n) is 7.79. The number of oxime groups is 1. The molecule has 8 nitrogen and oxygen atoms in total. The molecule has 0 fully saturated rings. The van der Waals surface area contributed by atoms with Gasteiger partial charge in [0.05, 0.1) is 32.7 Å². The summed E-state index contributed by atoms with van der Waals surface area (Å²) in [6.07, 6.45) is 2.98. The number of hydrogen-bond acceptors (Lipinski definition) is 6. The zero-order chi connectivity index (χ0) is 21.2. The van der Waals surface area contributed by atoms with Crippen LogP contribution in [0.5, 0.6) is 6.01 Å². The third-order valence-electron chi connectivity index (χ3n) is 4.61. The Labute approximate surface area is 170 Å². The van der Waals surface area contributed by atoms with E-state index in [1.165, 1.54) is 34.1 Å². The zero-order valence-electron chi connectivity index (χ0n) is 17.6. The van der Waals surface area contributed by atoms with Gasteiger partial charge in [0.25, 0.3) is 0 Å². The van der Waals surface area contributed by atoms with Crippen LogP contribution in [0.15, 0.2) is 51.2 Å². The monoisotopic (exact) mass is 414 g/mol. The van der Waals surface area contributed by atoms with Gasteiger partial charge in [-0.15, -0.1) is 5.10 Å². The van der Waals surface area contributed by atoms with E-state index >= 15 is 0 Å². The number of nitrogens with zero attached hydrogens (tertiary/aromatic N) is 4. The van der Waals surface area contributed by atoms with Crippen LogP contribution in [0.1, 0.15) is 18.1 Å². The van der Waals surface area contributed by atoms with Gasteiger partial charge in [-0.25, -0.2) is 14.0 Å². The summed E-state index contributed by atoms with van der Waals surface area (Å²) < 4.78 is 13.0. The lowest BCUT2D eigenvalue weighted by molar-refractivity contribution is 0.130. The maximum Gasteiger partial charge on any atom is 0.353 e. The second-order valence-corrected chi connectivity index (χ2v) is 12.9. The first-order valence-electron chi connectivity index (χ1n) is 9.25. The molecule has 0 aliphatic rings. The molecule has 0 saturated carbocycles. The third-order valence-corrected chi connectivity index (χ3v) is 6.65. The number of furan rings is 1. The summed E-state index contributed by atoms with van der Waals surface area (Å²) in [6, 6.07) is 8.59. The van der Waals surface area contributed by atoms with Crippen LogP contribution in [-0.2, 0) is 18.5 Å². The Hall–Kier alpha value is -3.07. The predicted octanol–water partition coefficient (Wildman–Crippen LogP) is 2.66. The number of rotatable bonds is 7. The first kappa shape index (κ1) is 20.7. The van der Waals surface area contributed by atoms with Gasteiger partial charge in [0.2, 0.25) is 0 Å². The molecule has 0 unspecified atom stereocenters. The van der Waals surface area contributed by atoms with Crippen LogP contribution in [0.2, 0.25) is 19.6 Å². The topological polar surface area (TPSA) is 83.8 Å². The van der Waals surface area contributed by atoms with Gasteiger partial charge < -0.3 is 14.0 Å². The quantitative estimate of drug-likeness (QED) is 0.337. The van der Waals surface area contributed by atoms with Crippen molar-refractivity contribution in [1.82, 2.24) is 14.3 Å². The third kappa shape index (κ3) is 4.34. The maximum absolute atomic E-state index is 12.4. The Morgan fingerprint density at radius 1 is 1.28 bits per heavy atom. The van der Waals surface area contributed by atoms with E-state index in [0.717, 1.165) is 11.3 Å². The lowest BCUT2D eigenvalue weighted by Crippen LogP contribution is -2.37. The highest BCUT2D eigenvalue weighted by Gasteiger charge is 2.19. The number of methoxy groups -OCH3 is 1. The van der Waals surface area contributed by atoms with E-state index in [-0.39, 0.29) is 18.3 Å². The summed E-state index contributed by atoms with van der Waals surface area (Å²) in [4.78, 5) is 17.9. The van der Waals surface area contributed by atoms with Crippen molar-refractivity contribution < 1.29 is 14.0 Å². The van der Waals surface area contributed by atoms with Crippen molar-refractivity contribution in [2.75, 3.05) is 7.11 Å². The van der Waals surface area contributed by atoms with Crippen LogP contribution in [0.3, 0.4) is 0 Å². The largest absolute Gasteiger partial charge is 0.470 e. The molecule has 0 saturated heterocycles. The summed E-state index contributed by atoms with van der Waals surface area (Å²) in [5.41, 5.74) is 2.64. The van der Waals surface area contributed by atoms with Crippen molar-refractivity contribution in [2.45, 2.75) is 33.2 Å². The Morgan fingerprint density at radius 3 is 2.72 bits per heavy atom. The van der Waals surface area contributed by atoms with Crippen LogP contribution < -0.4 is 15.6 Å². The van der Waals surface area contributed by atoms with E-state index in [1.807, 2.05) is 13.0 Å². The molecule has 3 rings (SSSR count). The highest BCUT2D eigenvalue weighted by molar-refractivity contribution is 6.88. The van der Waals surface area contributed by atoms with E-state index in [4.69, 9.17) is 14.0 Å². The van der Waals surface area contributed by atoms with Gasteiger partial charge in [0.15, 0.2) is 0 Å². The van der Waals surface area contributed by atoms with E-state index in [1.54, 1.807) is 7.05 Å². The maximum atomic E-state index is 12.4. The summed E-state index contributed by atoms with van der Waals surface area (Å²) in [5.74, 6) is 0. The van der Waals surface area contributed by atoms with Gasteiger partial charge in [-0.05, 0) is 12.5 Å². The fourth-order valence-electron chi connectivity index (χ4n) is 2.86. The Bertz CT molecular complexity index is 1090. The van der Waals surface area contributed by atoms with Gasteiger partial charge in [0.1, 0.15) is 18.6 Å². The number of hydrogen-bond donors (Lipinski definition) is 0. The lowest BCUT2D eigenvalue weighted by Gasteiger charge is -2.17. The van der Waals surface area contributed by atoms with E-state index in [0.29, 0.717) is 11.3 Å². The van der Waals surface area contributed by atoms with Crippen molar-refractivity contribution in [3.05, 3.63) is 58.4 Å². The van der Waals surface area contributed by atoms with Crippen molar-refractivity contribution in [1.29, 1.82) is 0 Å². The summed E-state index contributed by atoms with van der Waals surface area (Å²) in [7, 11) is 1.61. The summed E-state index contributed by atoms with van der Waals surface area (Å²) in [6.45, 7) is 8.98. The van der Waals surface area contributed by atoms with Crippen molar-refractivity contribution in [3.63, 3.8) is 0 Å². The Balaban J connectivity index is 1.79. The fraction of sp³-hybridized carbons (Fsp3) is 0.350. The van der Waals surface area contributed by atoms with Crippen LogP contribution in [0.25, 0.3) is 5.69 Å². The van der Waals surface area contributed by atoms with Gasteiger partial charge in [-0.3, -0.25) is 0 Å². The molecule has 154 valence electrons. The zero-order valence-corrected chi connectivity index (χ0v) is 18.6. The average Bonchev–Trinajstić information content (AvgIpc) is 3.25. The van der Waals surface area contributed by atoms with Crippen LogP contribution >= 0.6 is 0 Å². The second kappa shape index (κ2) is 8.12. The minimum atomic E-state index is -1.40. The number of benzene rings is 1. The highest BCUT2D eigenvalue weighted by atomic mass is 28.3. The minimum absolute atomic E-state index is 0.140. The van der Waals surface area contributed by atoms with Crippen molar-refractivity contribution in [3.8, 4) is 11.7 Å². The first-order valence-corrected chi connectivity index (χ1v) is 12.8. The molecule has 0 bridgehead atoms. The Morgan fingerprint density at radius 2 is 2.03 bits per heavy atom. The van der Waals surface area contributed by atoms with Gasteiger partial charge in [-0.1, -0.05) is 54.2 Å². The highest BCUT2D eigenvalue weighted by Crippen LogP contribution is 2.20. The molecule has 0 amide bonds. The Kier molecular flexibility index (Phi) is 5.78. The molecule has 0 atom stereocenters. The van der Waals surface area contributed by atoms with Gasteiger partial charge >= 0.3 is 11.7 Å². The predicted molar refractivity (Wildman–Crippen MR) is 114 cm³/mol. The fourth-order valence-corrected chi connectivity index (χ4v) is 4.05. The molecule has 9 heteroatoms. The minimum Gasteiger partial charge on any atom is -0.470 e. The summed E-state index contributed by atoms with van der Waals surface area (Å²) in [5, 5.41) is 9.65. The molecule has 0 aliphatic carbocycles. The molecule has 29 heavy (non-hydrogen) atoms. The SMILES string of the molecule is COc1nn(C)c(=O)n1-c1cocc1CO/N=C(/C)c1cccc([Si](C)(C)C)c1. The lowest BCUT2D eigenvalue weighted by atomic mass is 10.1. The first-order chi connectivity index (χ1) is 13.7. The number of aromatic nitrogens is 3.